The third-order valence-corrected chi connectivity index (χ3v) is 4.19. The summed E-state index contributed by atoms with van der Waals surface area (Å²) >= 11 is 3.24. The molecule has 0 aromatic heterocycles. The number of nitrogens with zero attached hydrogens (tertiary/aromatic N) is 1. The number of carbonyl (C=O) groups excluding carboxylic acids is 1. The van der Waals surface area contributed by atoms with Crippen LogP contribution in [0.25, 0.3) is 0 Å². The van der Waals surface area contributed by atoms with Crippen LogP contribution in [0.4, 0.5) is 4.39 Å². The summed E-state index contributed by atoms with van der Waals surface area (Å²) in [4.78, 5) is 13.9. The molecule has 1 aromatic rings. The van der Waals surface area contributed by atoms with E-state index in [0.717, 1.165) is 6.54 Å². The van der Waals surface area contributed by atoms with E-state index >= 15 is 0 Å². The normalized spacial score (nSPS) is 15.9. The van der Waals surface area contributed by atoms with Crippen molar-refractivity contribution in [3.05, 3.63) is 34.1 Å². The minimum Gasteiger partial charge on any atom is -0.341 e. The van der Waals surface area contributed by atoms with Gasteiger partial charge in [0.2, 0.25) is 0 Å². The molecule has 98 valence electrons. The van der Waals surface area contributed by atoms with Gasteiger partial charge in [0.1, 0.15) is 5.82 Å². The second kappa shape index (κ2) is 5.83. The summed E-state index contributed by atoms with van der Waals surface area (Å²) in [6, 6.07) is 4.61. The van der Waals surface area contributed by atoms with Crippen LogP contribution in [-0.4, -0.2) is 24.4 Å². The predicted octanol–water partition coefficient (Wildman–Crippen LogP) is 3.85. The average Bonchev–Trinajstić information content (AvgIpc) is 2.81. The molecule has 1 aliphatic rings. The van der Waals surface area contributed by atoms with Crippen molar-refractivity contribution in [2.45, 2.75) is 25.7 Å². The Morgan fingerprint density at radius 3 is 2.72 bits per heavy atom. The van der Waals surface area contributed by atoms with Crippen molar-refractivity contribution in [3.63, 3.8) is 0 Å². The molecule has 2 rings (SSSR count). The smallest absolute Gasteiger partial charge is 0.257 e. The van der Waals surface area contributed by atoms with Crippen LogP contribution in [0.1, 0.15) is 36.0 Å². The Hall–Kier alpha value is -0.900. The van der Waals surface area contributed by atoms with Crippen LogP contribution in [0.2, 0.25) is 0 Å². The van der Waals surface area contributed by atoms with Crippen LogP contribution in [-0.2, 0) is 0 Å². The minimum atomic E-state index is -0.465. The van der Waals surface area contributed by atoms with Gasteiger partial charge < -0.3 is 4.90 Å². The van der Waals surface area contributed by atoms with E-state index in [2.05, 4.69) is 15.9 Å². The molecule has 0 N–H and O–H groups in total. The number of hydrogen-bond acceptors (Lipinski definition) is 1. The summed E-state index contributed by atoms with van der Waals surface area (Å²) in [5.41, 5.74) is 0.137. The molecular weight excluding hydrogens is 297 g/mol. The monoisotopic (exact) mass is 313 g/mol. The number of halogens is 2. The summed E-state index contributed by atoms with van der Waals surface area (Å²) in [5.74, 6) is -0.135. The molecule has 1 saturated carbocycles. The van der Waals surface area contributed by atoms with E-state index in [1.165, 1.54) is 31.7 Å². The molecule has 18 heavy (non-hydrogen) atoms. The van der Waals surface area contributed by atoms with Crippen molar-refractivity contribution < 1.29 is 9.18 Å². The van der Waals surface area contributed by atoms with Crippen molar-refractivity contribution >= 4 is 21.8 Å². The maximum Gasteiger partial charge on any atom is 0.257 e. The topological polar surface area (TPSA) is 20.3 Å². The highest BCUT2D eigenvalue weighted by Crippen LogP contribution is 2.26. The molecule has 4 heteroatoms. The SMILES string of the molecule is CN(CC1CCCC1)C(=O)c1c(F)cccc1Br. The van der Waals surface area contributed by atoms with Gasteiger partial charge in [0.05, 0.1) is 5.56 Å². The summed E-state index contributed by atoms with van der Waals surface area (Å²) in [6.07, 6.45) is 4.85. The molecule has 0 saturated heterocycles. The molecule has 0 unspecified atom stereocenters. The van der Waals surface area contributed by atoms with Crippen molar-refractivity contribution in [2.75, 3.05) is 13.6 Å². The number of rotatable bonds is 3. The Balaban J connectivity index is 2.10. The Labute approximate surface area is 115 Å². The van der Waals surface area contributed by atoms with Gasteiger partial charge in [0, 0.05) is 18.1 Å². The summed E-state index contributed by atoms with van der Waals surface area (Å²) in [6.45, 7) is 0.722. The van der Waals surface area contributed by atoms with Gasteiger partial charge in [-0.05, 0) is 46.8 Å². The summed E-state index contributed by atoms with van der Waals surface area (Å²) in [7, 11) is 1.75. The van der Waals surface area contributed by atoms with Crippen LogP contribution in [0.5, 0.6) is 0 Å². The van der Waals surface area contributed by atoms with Crippen molar-refractivity contribution in [1.82, 2.24) is 4.90 Å². The molecule has 1 aliphatic carbocycles. The number of amides is 1. The van der Waals surface area contributed by atoms with Gasteiger partial charge in [-0.1, -0.05) is 18.9 Å². The molecule has 0 heterocycles. The zero-order valence-corrected chi connectivity index (χ0v) is 12.0. The fraction of sp³-hybridized carbons (Fsp3) is 0.500. The van der Waals surface area contributed by atoms with Gasteiger partial charge in [-0.25, -0.2) is 4.39 Å². The van der Waals surface area contributed by atoms with Crippen molar-refractivity contribution in [1.29, 1.82) is 0 Å². The molecule has 1 fully saturated rings. The third-order valence-electron chi connectivity index (χ3n) is 3.53. The molecular formula is C14H17BrFNO. The largest absolute Gasteiger partial charge is 0.341 e. The van der Waals surface area contributed by atoms with Crippen LogP contribution >= 0.6 is 15.9 Å². The molecule has 0 bridgehead atoms. The van der Waals surface area contributed by atoms with E-state index < -0.39 is 5.82 Å². The Bertz CT molecular complexity index is 423. The van der Waals surface area contributed by atoms with E-state index in [4.69, 9.17) is 0 Å². The zero-order valence-electron chi connectivity index (χ0n) is 10.5. The Morgan fingerprint density at radius 2 is 2.11 bits per heavy atom. The average molecular weight is 314 g/mol. The Kier molecular flexibility index (Phi) is 4.38. The third kappa shape index (κ3) is 2.91. The standard InChI is InChI=1S/C14H17BrFNO/c1-17(9-10-5-2-3-6-10)14(18)13-11(15)7-4-8-12(13)16/h4,7-8,10H,2-3,5-6,9H2,1H3. The van der Waals surface area contributed by atoms with Crippen LogP contribution in [0.15, 0.2) is 22.7 Å². The van der Waals surface area contributed by atoms with Gasteiger partial charge in [0.25, 0.3) is 5.91 Å². The van der Waals surface area contributed by atoms with Crippen LogP contribution in [0.3, 0.4) is 0 Å². The fourth-order valence-corrected chi connectivity index (χ4v) is 3.07. The highest BCUT2D eigenvalue weighted by atomic mass is 79.9. The van der Waals surface area contributed by atoms with E-state index in [9.17, 15) is 9.18 Å². The molecule has 0 radical (unpaired) electrons. The second-order valence-corrected chi connectivity index (χ2v) is 5.79. The molecule has 1 amide bonds. The molecule has 2 nitrogen and oxygen atoms in total. The van der Waals surface area contributed by atoms with E-state index in [1.54, 1.807) is 24.1 Å². The van der Waals surface area contributed by atoms with Crippen molar-refractivity contribution in [2.24, 2.45) is 5.92 Å². The molecule has 0 aliphatic heterocycles. The Morgan fingerprint density at radius 1 is 1.44 bits per heavy atom. The second-order valence-electron chi connectivity index (χ2n) is 4.93. The van der Waals surface area contributed by atoms with E-state index in [1.807, 2.05) is 0 Å². The number of hydrogen-bond donors (Lipinski definition) is 0. The van der Waals surface area contributed by atoms with E-state index in [-0.39, 0.29) is 11.5 Å². The first-order valence-corrected chi connectivity index (χ1v) is 7.08. The maximum atomic E-state index is 13.7. The number of benzene rings is 1. The first-order chi connectivity index (χ1) is 8.59. The quantitative estimate of drug-likeness (QED) is 0.830. The predicted molar refractivity (Wildman–Crippen MR) is 73.0 cm³/mol. The lowest BCUT2D eigenvalue weighted by atomic mass is 10.1. The first-order valence-electron chi connectivity index (χ1n) is 6.29. The van der Waals surface area contributed by atoms with Gasteiger partial charge in [-0.2, -0.15) is 0 Å². The maximum absolute atomic E-state index is 13.7. The molecule has 0 atom stereocenters. The van der Waals surface area contributed by atoms with Crippen molar-refractivity contribution in [3.8, 4) is 0 Å². The molecule has 0 spiro atoms. The fourth-order valence-electron chi connectivity index (χ4n) is 2.56. The first kappa shape index (κ1) is 13.5. The lowest BCUT2D eigenvalue weighted by molar-refractivity contribution is 0.0767. The van der Waals surface area contributed by atoms with Gasteiger partial charge in [-0.3, -0.25) is 4.79 Å². The summed E-state index contributed by atoms with van der Waals surface area (Å²) < 4.78 is 14.2. The van der Waals surface area contributed by atoms with Gasteiger partial charge >= 0.3 is 0 Å². The molecule has 1 aromatic carbocycles. The van der Waals surface area contributed by atoms with Gasteiger partial charge in [-0.15, -0.1) is 0 Å². The van der Waals surface area contributed by atoms with Crippen LogP contribution in [0, 0.1) is 11.7 Å². The van der Waals surface area contributed by atoms with Gasteiger partial charge in [0.15, 0.2) is 0 Å². The highest BCUT2D eigenvalue weighted by molar-refractivity contribution is 9.10. The lowest BCUT2D eigenvalue weighted by Gasteiger charge is -2.21. The zero-order chi connectivity index (χ0) is 13.1. The van der Waals surface area contributed by atoms with E-state index in [0.29, 0.717) is 10.4 Å². The minimum absolute atomic E-state index is 0.137. The van der Waals surface area contributed by atoms with Crippen LogP contribution < -0.4 is 0 Å². The number of carbonyl (C=O) groups is 1. The lowest BCUT2D eigenvalue weighted by Crippen LogP contribution is -2.32. The summed E-state index contributed by atoms with van der Waals surface area (Å²) in [5, 5.41) is 0. The highest BCUT2D eigenvalue weighted by Gasteiger charge is 2.23.